The first-order valence-corrected chi connectivity index (χ1v) is 7.18. The molecule has 3 heteroatoms. The van der Waals surface area contributed by atoms with Crippen LogP contribution >= 0.6 is 11.8 Å². The second-order valence-electron chi connectivity index (χ2n) is 4.66. The van der Waals surface area contributed by atoms with E-state index in [1.807, 2.05) is 13.0 Å². The second-order valence-corrected chi connectivity index (χ2v) is 5.99. The molecule has 1 aliphatic rings. The first-order chi connectivity index (χ1) is 8.16. The van der Waals surface area contributed by atoms with Crippen molar-refractivity contribution in [2.45, 2.75) is 43.7 Å². The van der Waals surface area contributed by atoms with Crippen molar-refractivity contribution in [2.75, 3.05) is 0 Å². The zero-order valence-electron chi connectivity index (χ0n) is 10.4. The SMILES string of the molecule is Cc1ccccc1CSC(C)C(=O)NC1CC1. The summed E-state index contributed by atoms with van der Waals surface area (Å²) in [5.41, 5.74) is 2.62. The minimum absolute atomic E-state index is 0.0372. The van der Waals surface area contributed by atoms with Gasteiger partial charge in [-0.05, 0) is 37.8 Å². The van der Waals surface area contributed by atoms with E-state index in [1.54, 1.807) is 11.8 Å². The zero-order valence-corrected chi connectivity index (χ0v) is 11.2. The Bertz CT molecular complexity index is 401. The molecule has 0 aliphatic heterocycles. The van der Waals surface area contributed by atoms with Crippen molar-refractivity contribution in [3.05, 3.63) is 35.4 Å². The number of carbonyl (C=O) groups is 1. The van der Waals surface area contributed by atoms with Crippen LogP contribution in [-0.4, -0.2) is 17.2 Å². The first kappa shape index (κ1) is 12.5. The minimum Gasteiger partial charge on any atom is -0.352 e. The predicted molar refractivity (Wildman–Crippen MR) is 73.1 cm³/mol. The van der Waals surface area contributed by atoms with Crippen molar-refractivity contribution in [3.63, 3.8) is 0 Å². The molecule has 92 valence electrons. The third-order valence-corrected chi connectivity index (χ3v) is 4.23. The lowest BCUT2D eigenvalue weighted by Crippen LogP contribution is -2.32. The van der Waals surface area contributed by atoms with Gasteiger partial charge in [0.05, 0.1) is 5.25 Å². The smallest absolute Gasteiger partial charge is 0.233 e. The van der Waals surface area contributed by atoms with Crippen molar-refractivity contribution < 1.29 is 4.79 Å². The van der Waals surface area contributed by atoms with Gasteiger partial charge in [0, 0.05) is 11.8 Å². The number of nitrogens with one attached hydrogen (secondary N) is 1. The van der Waals surface area contributed by atoms with E-state index in [4.69, 9.17) is 0 Å². The van der Waals surface area contributed by atoms with Crippen LogP contribution in [0.5, 0.6) is 0 Å². The van der Waals surface area contributed by atoms with Gasteiger partial charge in [-0.15, -0.1) is 11.8 Å². The summed E-state index contributed by atoms with van der Waals surface area (Å²) in [4.78, 5) is 11.8. The van der Waals surface area contributed by atoms with E-state index in [0.717, 1.165) is 18.6 Å². The molecular formula is C14H19NOS. The number of rotatable bonds is 5. The molecule has 1 atom stereocenters. The van der Waals surface area contributed by atoms with Crippen molar-refractivity contribution in [3.8, 4) is 0 Å². The molecule has 0 radical (unpaired) electrons. The molecule has 1 amide bonds. The second kappa shape index (κ2) is 5.58. The average Bonchev–Trinajstić information content (AvgIpc) is 3.11. The predicted octanol–water partition coefficient (Wildman–Crippen LogP) is 2.90. The Balaban J connectivity index is 1.80. The minimum atomic E-state index is 0.0372. The van der Waals surface area contributed by atoms with Gasteiger partial charge in [-0.1, -0.05) is 24.3 Å². The molecule has 17 heavy (non-hydrogen) atoms. The first-order valence-electron chi connectivity index (χ1n) is 6.13. The molecule has 1 unspecified atom stereocenters. The highest BCUT2D eigenvalue weighted by atomic mass is 32.2. The van der Waals surface area contributed by atoms with Crippen LogP contribution in [0.2, 0.25) is 0 Å². The third kappa shape index (κ3) is 3.77. The Morgan fingerprint density at radius 1 is 1.47 bits per heavy atom. The summed E-state index contributed by atoms with van der Waals surface area (Å²) in [7, 11) is 0. The molecule has 1 fully saturated rings. The van der Waals surface area contributed by atoms with E-state index in [2.05, 4.69) is 30.4 Å². The highest BCUT2D eigenvalue weighted by Gasteiger charge is 2.25. The topological polar surface area (TPSA) is 29.1 Å². The molecule has 0 heterocycles. The van der Waals surface area contributed by atoms with Gasteiger partial charge < -0.3 is 5.32 Å². The maximum absolute atomic E-state index is 11.8. The fourth-order valence-electron chi connectivity index (χ4n) is 1.61. The molecule has 0 spiro atoms. The molecular weight excluding hydrogens is 230 g/mol. The van der Waals surface area contributed by atoms with Gasteiger partial charge in [0.25, 0.3) is 0 Å². The van der Waals surface area contributed by atoms with Gasteiger partial charge >= 0.3 is 0 Å². The van der Waals surface area contributed by atoms with E-state index in [9.17, 15) is 4.79 Å². The Hall–Kier alpha value is -0.960. The summed E-state index contributed by atoms with van der Waals surface area (Å²) in [5.74, 6) is 1.09. The molecule has 1 saturated carbocycles. The molecule has 2 nitrogen and oxygen atoms in total. The van der Waals surface area contributed by atoms with E-state index in [1.165, 1.54) is 11.1 Å². The van der Waals surface area contributed by atoms with Gasteiger partial charge in [-0.2, -0.15) is 0 Å². The maximum atomic E-state index is 11.8. The van der Waals surface area contributed by atoms with Crippen LogP contribution in [0.25, 0.3) is 0 Å². The third-order valence-electron chi connectivity index (χ3n) is 3.04. The van der Waals surface area contributed by atoms with Crippen LogP contribution in [0.3, 0.4) is 0 Å². The summed E-state index contributed by atoms with van der Waals surface area (Å²) in [6.45, 7) is 4.10. The van der Waals surface area contributed by atoms with Crippen molar-refractivity contribution in [1.29, 1.82) is 0 Å². The molecule has 1 N–H and O–H groups in total. The Kier molecular flexibility index (Phi) is 4.11. The van der Waals surface area contributed by atoms with Crippen LogP contribution < -0.4 is 5.32 Å². The van der Waals surface area contributed by atoms with Crippen molar-refractivity contribution >= 4 is 17.7 Å². The molecule has 1 aliphatic carbocycles. The van der Waals surface area contributed by atoms with Crippen LogP contribution in [0.1, 0.15) is 30.9 Å². The summed E-state index contributed by atoms with van der Waals surface area (Å²) in [6, 6.07) is 8.81. The summed E-state index contributed by atoms with van der Waals surface area (Å²) < 4.78 is 0. The summed E-state index contributed by atoms with van der Waals surface area (Å²) in [6.07, 6.45) is 2.31. The lowest BCUT2D eigenvalue weighted by molar-refractivity contribution is -0.120. The van der Waals surface area contributed by atoms with E-state index in [-0.39, 0.29) is 11.2 Å². The number of carbonyl (C=O) groups excluding carboxylic acids is 1. The lowest BCUT2D eigenvalue weighted by Gasteiger charge is -2.12. The highest BCUT2D eigenvalue weighted by Crippen LogP contribution is 2.23. The van der Waals surface area contributed by atoms with Crippen molar-refractivity contribution in [2.24, 2.45) is 0 Å². The van der Waals surface area contributed by atoms with Crippen LogP contribution in [0.15, 0.2) is 24.3 Å². The van der Waals surface area contributed by atoms with Gasteiger partial charge in [0.15, 0.2) is 0 Å². The fraction of sp³-hybridized carbons (Fsp3) is 0.500. The van der Waals surface area contributed by atoms with E-state index >= 15 is 0 Å². The highest BCUT2D eigenvalue weighted by molar-refractivity contribution is 7.99. The van der Waals surface area contributed by atoms with E-state index < -0.39 is 0 Å². The normalized spacial score (nSPS) is 16.6. The molecule has 0 bridgehead atoms. The molecule has 0 aromatic heterocycles. The monoisotopic (exact) mass is 249 g/mol. The molecule has 1 aromatic rings. The van der Waals surface area contributed by atoms with Crippen LogP contribution in [0.4, 0.5) is 0 Å². The maximum Gasteiger partial charge on any atom is 0.233 e. The molecule has 0 saturated heterocycles. The van der Waals surface area contributed by atoms with Gasteiger partial charge in [-0.25, -0.2) is 0 Å². The van der Waals surface area contributed by atoms with E-state index in [0.29, 0.717) is 6.04 Å². The Labute approximate surface area is 107 Å². The van der Waals surface area contributed by atoms with Crippen LogP contribution in [0, 0.1) is 6.92 Å². The van der Waals surface area contributed by atoms with Gasteiger partial charge in [0.1, 0.15) is 0 Å². The number of hydrogen-bond donors (Lipinski definition) is 1. The number of aryl methyl sites for hydroxylation is 1. The zero-order chi connectivity index (χ0) is 12.3. The lowest BCUT2D eigenvalue weighted by atomic mass is 10.1. The van der Waals surface area contributed by atoms with Gasteiger partial charge in [-0.3, -0.25) is 4.79 Å². The number of amides is 1. The molecule has 2 rings (SSSR count). The summed E-state index contributed by atoms with van der Waals surface area (Å²) >= 11 is 1.71. The number of thioether (sulfide) groups is 1. The Morgan fingerprint density at radius 2 is 2.18 bits per heavy atom. The fourth-order valence-corrected chi connectivity index (χ4v) is 2.58. The number of hydrogen-bond acceptors (Lipinski definition) is 2. The van der Waals surface area contributed by atoms with Gasteiger partial charge in [0.2, 0.25) is 5.91 Å². The quantitative estimate of drug-likeness (QED) is 0.869. The largest absolute Gasteiger partial charge is 0.352 e. The van der Waals surface area contributed by atoms with Crippen molar-refractivity contribution in [1.82, 2.24) is 5.32 Å². The standard InChI is InChI=1S/C14H19NOS/c1-10-5-3-4-6-12(10)9-17-11(2)14(16)15-13-7-8-13/h3-6,11,13H,7-9H2,1-2H3,(H,15,16). The Morgan fingerprint density at radius 3 is 2.82 bits per heavy atom. The summed E-state index contributed by atoms with van der Waals surface area (Å²) in [5, 5.41) is 3.08. The number of benzene rings is 1. The van der Waals surface area contributed by atoms with Crippen LogP contribution in [-0.2, 0) is 10.5 Å². The molecule has 1 aromatic carbocycles. The average molecular weight is 249 g/mol.